The Hall–Kier alpha value is -1.98. The maximum absolute atomic E-state index is 14.5. The number of amides is 1. The highest BCUT2D eigenvalue weighted by Gasteiger charge is 2.25. The molecule has 1 N–H and O–H groups in total. The van der Waals surface area contributed by atoms with E-state index in [-0.39, 0.29) is 29.7 Å². The molecule has 1 saturated heterocycles. The molecule has 26 heavy (non-hydrogen) atoms. The van der Waals surface area contributed by atoms with Gasteiger partial charge in [0.2, 0.25) is 0 Å². The molecule has 3 rings (SSSR count). The van der Waals surface area contributed by atoms with Gasteiger partial charge < -0.3 is 10.2 Å². The number of nitrogens with zero attached hydrogens (tertiary/aromatic N) is 1. The van der Waals surface area contributed by atoms with E-state index in [9.17, 15) is 13.6 Å². The van der Waals surface area contributed by atoms with Crippen LogP contribution in [0.1, 0.15) is 23.2 Å². The molecule has 1 atom stereocenters. The second-order valence-electron chi connectivity index (χ2n) is 6.52. The number of carbonyl (C=O) groups is 1. The van der Waals surface area contributed by atoms with Gasteiger partial charge in [-0.1, -0.05) is 18.2 Å². The largest absolute Gasteiger partial charge is 0.338 e. The predicted octanol–water partition coefficient (Wildman–Crippen LogP) is 4.13. The summed E-state index contributed by atoms with van der Waals surface area (Å²) in [6, 6.07) is 10.4. The van der Waals surface area contributed by atoms with Gasteiger partial charge >= 0.3 is 0 Å². The zero-order valence-corrected chi connectivity index (χ0v) is 15.5. The van der Waals surface area contributed by atoms with E-state index in [0.717, 1.165) is 19.4 Å². The molecule has 1 aliphatic heterocycles. The third-order valence-corrected chi connectivity index (χ3v) is 4.68. The van der Waals surface area contributed by atoms with Crippen LogP contribution in [0.4, 0.5) is 8.78 Å². The van der Waals surface area contributed by atoms with Crippen LogP contribution in [0.3, 0.4) is 0 Å². The fraction of sp³-hybridized carbons (Fsp3) is 0.350. The van der Waals surface area contributed by atoms with Crippen molar-refractivity contribution < 1.29 is 13.6 Å². The Balaban J connectivity index is 0.00000243. The minimum atomic E-state index is -0.539. The van der Waals surface area contributed by atoms with Crippen LogP contribution in [0, 0.1) is 17.6 Å². The van der Waals surface area contributed by atoms with E-state index in [1.807, 2.05) is 7.05 Å². The van der Waals surface area contributed by atoms with Crippen LogP contribution in [0.2, 0.25) is 0 Å². The smallest absolute Gasteiger partial charge is 0.256 e. The average molecular weight is 381 g/mol. The van der Waals surface area contributed by atoms with Crippen molar-refractivity contribution in [3.8, 4) is 11.1 Å². The van der Waals surface area contributed by atoms with Crippen molar-refractivity contribution in [3.63, 3.8) is 0 Å². The summed E-state index contributed by atoms with van der Waals surface area (Å²) in [4.78, 5) is 14.4. The van der Waals surface area contributed by atoms with Crippen molar-refractivity contribution >= 4 is 18.3 Å². The van der Waals surface area contributed by atoms with E-state index in [1.165, 1.54) is 24.3 Å². The Kier molecular flexibility index (Phi) is 7.12. The molecule has 1 fully saturated rings. The number of benzene rings is 2. The number of likely N-dealkylation sites (tertiary alicyclic amines) is 1. The third-order valence-electron chi connectivity index (χ3n) is 4.68. The summed E-state index contributed by atoms with van der Waals surface area (Å²) >= 11 is 0. The zero-order valence-electron chi connectivity index (χ0n) is 14.7. The number of hydrogen-bond acceptors (Lipinski definition) is 2. The minimum Gasteiger partial charge on any atom is -0.338 e. The van der Waals surface area contributed by atoms with Crippen molar-refractivity contribution in [1.82, 2.24) is 10.2 Å². The Morgan fingerprint density at radius 1 is 1.15 bits per heavy atom. The lowest BCUT2D eigenvalue weighted by molar-refractivity contribution is 0.0669. The fourth-order valence-corrected chi connectivity index (χ4v) is 3.39. The van der Waals surface area contributed by atoms with Crippen molar-refractivity contribution in [3.05, 3.63) is 59.7 Å². The normalized spacial score (nSPS) is 16.9. The number of hydrogen-bond donors (Lipinski definition) is 1. The summed E-state index contributed by atoms with van der Waals surface area (Å²) in [7, 11) is 1.90. The van der Waals surface area contributed by atoms with Gasteiger partial charge in [-0.3, -0.25) is 4.79 Å². The van der Waals surface area contributed by atoms with Gasteiger partial charge in [0.15, 0.2) is 0 Å². The highest BCUT2D eigenvalue weighted by atomic mass is 35.5. The first-order valence-corrected chi connectivity index (χ1v) is 8.58. The monoisotopic (exact) mass is 380 g/mol. The van der Waals surface area contributed by atoms with E-state index in [2.05, 4.69) is 5.32 Å². The highest BCUT2D eigenvalue weighted by molar-refractivity contribution is 5.95. The first-order valence-electron chi connectivity index (χ1n) is 8.58. The summed E-state index contributed by atoms with van der Waals surface area (Å²) in [6.45, 7) is 2.17. The molecule has 0 aromatic heterocycles. The zero-order chi connectivity index (χ0) is 17.8. The topological polar surface area (TPSA) is 32.3 Å². The average Bonchev–Trinajstić information content (AvgIpc) is 2.62. The molecular weight excluding hydrogens is 358 g/mol. The van der Waals surface area contributed by atoms with Crippen LogP contribution in [-0.2, 0) is 0 Å². The summed E-state index contributed by atoms with van der Waals surface area (Å²) in [5.74, 6) is -0.729. The summed E-state index contributed by atoms with van der Waals surface area (Å²) in [5.41, 5.74) is 1.43. The molecule has 1 unspecified atom stereocenters. The first-order chi connectivity index (χ1) is 12.1. The maximum Gasteiger partial charge on any atom is 0.256 e. The van der Waals surface area contributed by atoms with Gasteiger partial charge in [0.25, 0.3) is 5.91 Å². The minimum absolute atomic E-state index is 0. The van der Waals surface area contributed by atoms with E-state index in [0.29, 0.717) is 30.1 Å². The van der Waals surface area contributed by atoms with Crippen molar-refractivity contribution in [2.45, 2.75) is 12.8 Å². The SMILES string of the molecule is CNCC1CCCN(C(=O)c2ccc(-c3ccc(F)cc3)cc2F)C1.Cl. The van der Waals surface area contributed by atoms with Gasteiger partial charge in [-0.05, 0) is 67.7 Å². The Bertz CT molecular complexity index is 750. The standard InChI is InChI=1S/C20H22F2N2O.ClH/c1-23-12-14-3-2-10-24(13-14)20(25)18-9-6-16(11-19(18)22)15-4-7-17(21)8-5-15;/h4-9,11,14,23H,2-3,10,12-13H2,1H3;1H. The molecule has 1 aliphatic rings. The lowest BCUT2D eigenvalue weighted by Gasteiger charge is -2.32. The second kappa shape index (κ2) is 9.10. The quantitative estimate of drug-likeness (QED) is 0.865. The number of nitrogens with one attached hydrogen (secondary N) is 1. The molecular formula is C20H23ClF2N2O. The van der Waals surface area contributed by atoms with Gasteiger partial charge in [0, 0.05) is 13.1 Å². The van der Waals surface area contributed by atoms with Crippen molar-refractivity contribution in [1.29, 1.82) is 0 Å². The van der Waals surface area contributed by atoms with E-state index < -0.39 is 5.82 Å². The number of carbonyl (C=O) groups excluding carboxylic acids is 1. The Morgan fingerprint density at radius 3 is 2.50 bits per heavy atom. The maximum atomic E-state index is 14.5. The lowest BCUT2D eigenvalue weighted by atomic mass is 9.97. The van der Waals surface area contributed by atoms with Crippen LogP contribution in [0.5, 0.6) is 0 Å². The molecule has 1 heterocycles. The molecule has 0 radical (unpaired) electrons. The molecule has 3 nitrogen and oxygen atoms in total. The first kappa shape index (κ1) is 20.3. The summed E-state index contributed by atoms with van der Waals surface area (Å²) in [6.07, 6.45) is 2.02. The predicted molar refractivity (Wildman–Crippen MR) is 102 cm³/mol. The molecule has 140 valence electrons. The number of halogens is 3. The molecule has 0 spiro atoms. The van der Waals surface area contributed by atoms with Gasteiger partial charge in [-0.15, -0.1) is 12.4 Å². The van der Waals surface area contributed by atoms with Gasteiger partial charge in [-0.2, -0.15) is 0 Å². The molecule has 2 aromatic carbocycles. The van der Waals surface area contributed by atoms with Crippen LogP contribution in [-0.4, -0.2) is 37.5 Å². The molecule has 0 aliphatic carbocycles. The second-order valence-corrected chi connectivity index (χ2v) is 6.52. The molecule has 2 aromatic rings. The van der Waals surface area contributed by atoms with E-state index in [4.69, 9.17) is 0 Å². The Morgan fingerprint density at radius 2 is 1.85 bits per heavy atom. The van der Waals surface area contributed by atoms with Crippen LogP contribution >= 0.6 is 12.4 Å². The van der Waals surface area contributed by atoms with Gasteiger partial charge in [-0.25, -0.2) is 8.78 Å². The number of piperidine rings is 1. The van der Waals surface area contributed by atoms with E-state index in [1.54, 1.807) is 23.1 Å². The van der Waals surface area contributed by atoms with Gasteiger partial charge in [0.05, 0.1) is 5.56 Å². The molecule has 1 amide bonds. The lowest BCUT2D eigenvalue weighted by Crippen LogP contribution is -2.42. The fourth-order valence-electron chi connectivity index (χ4n) is 3.39. The van der Waals surface area contributed by atoms with Gasteiger partial charge in [0.1, 0.15) is 11.6 Å². The third kappa shape index (κ3) is 4.59. The Labute approximate surface area is 158 Å². The van der Waals surface area contributed by atoms with Crippen LogP contribution in [0.25, 0.3) is 11.1 Å². The molecule has 0 bridgehead atoms. The summed E-state index contributed by atoms with van der Waals surface area (Å²) < 4.78 is 27.5. The van der Waals surface area contributed by atoms with Crippen LogP contribution < -0.4 is 5.32 Å². The van der Waals surface area contributed by atoms with Crippen LogP contribution in [0.15, 0.2) is 42.5 Å². The van der Waals surface area contributed by atoms with Crippen molar-refractivity contribution in [2.75, 3.05) is 26.7 Å². The molecule has 0 saturated carbocycles. The summed E-state index contributed by atoms with van der Waals surface area (Å²) in [5, 5.41) is 3.14. The molecule has 6 heteroatoms. The van der Waals surface area contributed by atoms with Crippen molar-refractivity contribution in [2.24, 2.45) is 5.92 Å². The number of rotatable bonds is 4. The van der Waals surface area contributed by atoms with E-state index >= 15 is 0 Å². The highest BCUT2D eigenvalue weighted by Crippen LogP contribution is 2.24.